The summed E-state index contributed by atoms with van der Waals surface area (Å²) in [6.45, 7) is 0.484. The lowest BCUT2D eigenvalue weighted by Gasteiger charge is -2.23. The van der Waals surface area contributed by atoms with Crippen LogP contribution in [0.3, 0.4) is 0 Å². The van der Waals surface area contributed by atoms with Crippen LogP contribution in [-0.4, -0.2) is 39.5 Å². The summed E-state index contributed by atoms with van der Waals surface area (Å²) in [5.74, 6) is 2.35. The highest BCUT2D eigenvalue weighted by Crippen LogP contribution is 2.32. The third kappa shape index (κ3) is 3.95. The zero-order valence-corrected chi connectivity index (χ0v) is 18.1. The molecule has 0 spiro atoms. The fraction of sp³-hybridized carbons (Fsp3) is 0.304. The molecule has 1 aliphatic rings. The van der Waals surface area contributed by atoms with E-state index < -0.39 is 0 Å². The van der Waals surface area contributed by atoms with E-state index in [1.54, 1.807) is 18.5 Å². The van der Waals surface area contributed by atoms with Gasteiger partial charge >= 0.3 is 0 Å². The number of fused-ring (bicyclic) bond motifs is 2. The Morgan fingerprint density at radius 2 is 1.76 bits per heavy atom. The van der Waals surface area contributed by atoms with E-state index in [0.717, 1.165) is 40.9 Å². The number of imidazole rings is 2. The Labute approximate surface area is 190 Å². The molecule has 1 saturated carbocycles. The van der Waals surface area contributed by atoms with Crippen LogP contribution in [0.5, 0.6) is 0 Å². The second-order valence-corrected chi connectivity index (χ2v) is 8.26. The number of benzene rings is 1. The second kappa shape index (κ2) is 8.45. The summed E-state index contributed by atoms with van der Waals surface area (Å²) in [7, 11) is 0. The zero-order valence-electron chi connectivity index (χ0n) is 18.1. The quantitative estimate of drug-likeness (QED) is 0.356. The fourth-order valence-corrected chi connectivity index (χ4v) is 4.44. The Bertz CT molecular complexity index is 1350. The van der Waals surface area contributed by atoms with Crippen LogP contribution in [0.25, 0.3) is 22.2 Å². The molecule has 0 amide bonds. The molecule has 0 saturated heterocycles. The van der Waals surface area contributed by atoms with Gasteiger partial charge in [0, 0.05) is 18.4 Å². The van der Waals surface area contributed by atoms with Crippen molar-refractivity contribution in [3.63, 3.8) is 0 Å². The van der Waals surface area contributed by atoms with Gasteiger partial charge in [-0.05, 0) is 31.0 Å². The summed E-state index contributed by atoms with van der Waals surface area (Å²) in [5, 5.41) is 6.53. The first-order chi connectivity index (χ1) is 16.3. The molecule has 10 heteroatoms. The highest BCUT2D eigenvalue weighted by Gasteiger charge is 2.21. The van der Waals surface area contributed by atoms with E-state index in [1.807, 2.05) is 30.6 Å². The van der Waals surface area contributed by atoms with Crippen molar-refractivity contribution in [3.05, 3.63) is 54.9 Å². The molecule has 10 nitrogen and oxygen atoms in total. The molecule has 166 valence electrons. The Hall–Kier alpha value is -4.08. The molecule has 33 heavy (non-hydrogen) atoms. The number of para-hydroxylation sites is 2. The molecule has 0 radical (unpaired) electrons. The highest BCUT2D eigenvalue weighted by molar-refractivity contribution is 5.84. The van der Waals surface area contributed by atoms with Crippen LogP contribution < -0.4 is 10.6 Å². The van der Waals surface area contributed by atoms with Gasteiger partial charge in [-0.15, -0.1) is 0 Å². The number of aromatic nitrogens is 8. The van der Waals surface area contributed by atoms with Crippen molar-refractivity contribution < 1.29 is 0 Å². The third-order valence-corrected chi connectivity index (χ3v) is 6.04. The minimum absolute atomic E-state index is 0.405. The summed E-state index contributed by atoms with van der Waals surface area (Å²) >= 11 is 0. The number of hydrogen-bond donors (Lipinski definition) is 3. The lowest BCUT2D eigenvalue weighted by atomic mass is 9.95. The van der Waals surface area contributed by atoms with Gasteiger partial charge in [0.1, 0.15) is 5.82 Å². The predicted molar refractivity (Wildman–Crippen MR) is 126 cm³/mol. The lowest BCUT2D eigenvalue weighted by molar-refractivity contribution is 0.358. The van der Waals surface area contributed by atoms with E-state index in [1.165, 1.54) is 19.3 Å². The predicted octanol–water partition coefficient (Wildman–Crippen LogP) is 4.35. The third-order valence-electron chi connectivity index (χ3n) is 6.04. The van der Waals surface area contributed by atoms with Crippen molar-refractivity contribution in [2.24, 2.45) is 0 Å². The number of rotatable bonds is 6. The van der Waals surface area contributed by atoms with Crippen LogP contribution in [0.4, 0.5) is 17.7 Å². The van der Waals surface area contributed by atoms with Crippen LogP contribution in [0.2, 0.25) is 0 Å². The molecule has 0 atom stereocenters. The van der Waals surface area contributed by atoms with Gasteiger partial charge in [-0.3, -0.25) is 5.32 Å². The van der Waals surface area contributed by atoms with Crippen LogP contribution in [0, 0.1) is 0 Å². The van der Waals surface area contributed by atoms with Crippen LogP contribution in [0.1, 0.15) is 44.0 Å². The van der Waals surface area contributed by atoms with E-state index in [9.17, 15) is 0 Å². The summed E-state index contributed by atoms with van der Waals surface area (Å²) in [5.41, 5.74) is 3.50. The van der Waals surface area contributed by atoms with Gasteiger partial charge in [0.2, 0.25) is 11.9 Å². The molecule has 0 bridgehead atoms. The summed E-state index contributed by atoms with van der Waals surface area (Å²) in [6, 6.07) is 10.2. The van der Waals surface area contributed by atoms with Crippen LogP contribution in [0.15, 0.2) is 49.1 Å². The molecule has 5 aromatic rings. The van der Waals surface area contributed by atoms with Gasteiger partial charge in [0.05, 0.1) is 23.9 Å². The maximum absolute atomic E-state index is 4.79. The molecule has 4 aromatic heterocycles. The molecular formula is C23H24N10. The smallest absolute Gasteiger partial charge is 0.233 e. The standard InChI is InChI=1S/C23H24N10/c1-2-7-15(8-3-1)33-14-27-19-20(26-13-18-28-16-9-4-5-10-17(16)29-18)30-23(31-21(19)33)32-22-24-11-6-12-25-22/h4-6,9-12,14-15H,1-3,7-8,13H2,(H,28,29)(H2,24,25,26,30,31,32). The Balaban J connectivity index is 1.36. The fourth-order valence-electron chi connectivity index (χ4n) is 4.44. The van der Waals surface area contributed by atoms with Gasteiger partial charge in [-0.25, -0.2) is 19.9 Å². The Kier molecular flexibility index (Phi) is 5.02. The van der Waals surface area contributed by atoms with Gasteiger partial charge in [0.25, 0.3) is 0 Å². The first-order valence-corrected chi connectivity index (χ1v) is 11.3. The van der Waals surface area contributed by atoms with E-state index in [0.29, 0.717) is 30.3 Å². The topological polar surface area (TPSA) is 122 Å². The molecule has 1 aliphatic carbocycles. The molecular weight excluding hydrogens is 416 g/mol. The van der Waals surface area contributed by atoms with Gasteiger partial charge < -0.3 is 14.9 Å². The van der Waals surface area contributed by atoms with E-state index in [4.69, 9.17) is 9.97 Å². The van der Waals surface area contributed by atoms with Crippen LogP contribution in [-0.2, 0) is 6.54 Å². The normalized spacial score (nSPS) is 14.7. The first-order valence-electron chi connectivity index (χ1n) is 11.3. The molecule has 3 N–H and O–H groups in total. The monoisotopic (exact) mass is 440 g/mol. The molecule has 1 fully saturated rings. The van der Waals surface area contributed by atoms with Gasteiger partial charge in [0.15, 0.2) is 17.0 Å². The molecule has 0 unspecified atom stereocenters. The first kappa shape index (κ1) is 19.6. The van der Waals surface area contributed by atoms with Crippen molar-refractivity contribution in [1.82, 2.24) is 39.5 Å². The Morgan fingerprint density at radius 3 is 2.61 bits per heavy atom. The molecule has 0 aliphatic heterocycles. The minimum atomic E-state index is 0.405. The maximum atomic E-state index is 4.79. The minimum Gasteiger partial charge on any atom is -0.361 e. The number of nitrogens with zero attached hydrogens (tertiary/aromatic N) is 7. The van der Waals surface area contributed by atoms with Crippen molar-refractivity contribution in [1.29, 1.82) is 0 Å². The van der Waals surface area contributed by atoms with Crippen molar-refractivity contribution in [2.75, 3.05) is 10.6 Å². The SMILES string of the molecule is c1cnc(Nc2nc(NCc3nc4ccccc4[nH]3)c3ncn(C4CCCCC4)c3n2)nc1. The number of hydrogen-bond acceptors (Lipinski definition) is 8. The van der Waals surface area contributed by atoms with E-state index in [2.05, 4.69) is 40.1 Å². The summed E-state index contributed by atoms with van der Waals surface area (Å²) < 4.78 is 2.19. The Morgan fingerprint density at radius 1 is 0.909 bits per heavy atom. The molecule has 6 rings (SSSR count). The number of aromatic amines is 1. The van der Waals surface area contributed by atoms with Crippen LogP contribution >= 0.6 is 0 Å². The maximum Gasteiger partial charge on any atom is 0.233 e. The highest BCUT2D eigenvalue weighted by atomic mass is 15.3. The zero-order chi connectivity index (χ0) is 22.0. The van der Waals surface area contributed by atoms with Gasteiger partial charge in [-0.1, -0.05) is 31.4 Å². The van der Waals surface area contributed by atoms with E-state index >= 15 is 0 Å². The number of anilines is 3. The molecule has 4 heterocycles. The van der Waals surface area contributed by atoms with Gasteiger partial charge in [-0.2, -0.15) is 9.97 Å². The van der Waals surface area contributed by atoms with Crippen molar-refractivity contribution >= 4 is 39.9 Å². The number of nitrogens with one attached hydrogen (secondary N) is 3. The van der Waals surface area contributed by atoms with Crippen molar-refractivity contribution in [3.8, 4) is 0 Å². The van der Waals surface area contributed by atoms with Crippen molar-refractivity contribution in [2.45, 2.75) is 44.7 Å². The summed E-state index contributed by atoms with van der Waals surface area (Å²) in [6.07, 6.45) is 11.3. The largest absolute Gasteiger partial charge is 0.361 e. The average molecular weight is 441 g/mol. The second-order valence-electron chi connectivity index (χ2n) is 8.26. The average Bonchev–Trinajstić information content (AvgIpc) is 3.48. The van der Waals surface area contributed by atoms with E-state index in [-0.39, 0.29) is 0 Å². The summed E-state index contributed by atoms with van der Waals surface area (Å²) in [4.78, 5) is 30.7. The number of H-pyrrole nitrogens is 1. The lowest BCUT2D eigenvalue weighted by Crippen LogP contribution is -2.13. The molecule has 1 aromatic carbocycles.